The van der Waals surface area contributed by atoms with E-state index in [9.17, 15) is 19.1 Å². The van der Waals surface area contributed by atoms with E-state index in [1.165, 1.54) is 25.3 Å². The van der Waals surface area contributed by atoms with E-state index < -0.39 is 23.7 Å². The molecule has 3 N–H and O–H groups in total. The van der Waals surface area contributed by atoms with Gasteiger partial charge in [-0.1, -0.05) is 48.5 Å². The van der Waals surface area contributed by atoms with Crippen LogP contribution in [-0.2, 0) is 9.59 Å². The molecule has 166 valence electrons. The number of aromatic hydroxyl groups is 1. The molecular weight excluding hydrogens is 415 g/mol. The van der Waals surface area contributed by atoms with Crippen LogP contribution in [0.25, 0.3) is 17.2 Å². The molecule has 0 heterocycles. The molecule has 0 aliphatic heterocycles. The zero-order valence-electron chi connectivity index (χ0n) is 17.5. The number of halogens is 1. The second-order valence-electron chi connectivity index (χ2n) is 6.77. The van der Waals surface area contributed by atoms with Crippen LogP contribution in [0.4, 0.5) is 4.39 Å². The predicted octanol–water partition coefficient (Wildman–Crippen LogP) is 5.18. The van der Waals surface area contributed by atoms with Crippen LogP contribution in [0, 0.1) is 5.82 Å². The highest BCUT2D eigenvalue weighted by Gasteiger charge is 2.15. The third-order valence-corrected chi connectivity index (χ3v) is 4.57. The van der Waals surface area contributed by atoms with Crippen LogP contribution in [0.5, 0.6) is 11.5 Å². The Labute approximate surface area is 184 Å². The number of benzene rings is 3. The van der Waals surface area contributed by atoms with Crippen LogP contribution in [0.2, 0.25) is 0 Å². The Hall–Kier alpha value is -4.13. The standard InChI is InChI=1S/C15H13FO2.C10H10O4/c1-10(15(17)18)12-7-8-13(14(16)9-12)11-5-3-2-4-6-11;1-14-9-6-7(2-4-8(9)11)3-5-10(12)13/h2-10H,1H3,(H,17,18);2-6,11H,1H3,(H,12,13)/b;5-3+. The Balaban J connectivity index is 0.000000235. The first-order valence-electron chi connectivity index (χ1n) is 9.58. The average molecular weight is 438 g/mol. The first-order chi connectivity index (χ1) is 15.2. The minimum atomic E-state index is -1.02. The molecule has 1 atom stereocenters. The molecule has 0 aliphatic carbocycles. The number of methoxy groups -OCH3 is 1. The van der Waals surface area contributed by atoms with Crippen molar-refractivity contribution in [2.75, 3.05) is 7.11 Å². The van der Waals surface area contributed by atoms with Crippen molar-refractivity contribution in [3.05, 3.63) is 89.8 Å². The fourth-order valence-electron chi connectivity index (χ4n) is 2.76. The summed E-state index contributed by atoms with van der Waals surface area (Å²) in [6.07, 6.45) is 2.44. The van der Waals surface area contributed by atoms with Crippen molar-refractivity contribution in [2.24, 2.45) is 0 Å². The lowest BCUT2D eigenvalue weighted by molar-refractivity contribution is -0.138. The van der Waals surface area contributed by atoms with E-state index in [1.807, 2.05) is 30.3 Å². The van der Waals surface area contributed by atoms with Gasteiger partial charge < -0.3 is 20.1 Å². The molecule has 0 fully saturated rings. The lowest BCUT2D eigenvalue weighted by Crippen LogP contribution is -2.07. The maximum Gasteiger partial charge on any atom is 0.328 e. The summed E-state index contributed by atoms with van der Waals surface area (Å²) in [5.74, 6) is -2.73. The molecule has 3 aromatic carbocycles. The summed E-state index contributed by atoms with van der Waals surface area (Å²) in [6, 6.07) is 18.3. The molecule has 0 bridgehead atoms. The molecule has 32 heavy (non-hydrogen) atoms. The summed E-state index contributed by atoms with van der Waals surface area (Å²) in [4.78, 5) is 21.1. The lowest BCUT2D eigenvalue weighted by atomic mass is 9.97. The van der Waals surface area contributed by atoms with Gasteiger partial charge in [-0.25, -0.2) is 9.18 Å². The van der Waals surface area contributed by atoms with E-state index >= 15 is 0 Å². The number of hydrogen-bond donors (Lipinski definition) is 3. The second-order valence-corrected chi connectivity index (χ2v) is 6.77. The molecule has 0 saturated carbocycles. The molecule has 3 aromatic rings. The van der Waals surface area contributed by atoms with Crippen LogP contribution in [0.3, 0.4) is 0 Å². The fourth-order valence-corrected chi connectivity index (χ4v) is 2.76. The third kappa shape index (κ3) is 6.70. The number of phenolic OH excluding ortho intramolecular Hbond substituents is 1. The summed E-state index contributed by atoms with van der Waals surface area (Å²) >= 11 is 0. The van der Waals surface area contributed by atoms with E-state index in [2.05, 4.69) is 0 Å². The molecular formula is C25H23FO6. The van der Waals surface area contributed by atoms with Crippen molar-refractivity contribution in [3.63, 3.8) is 0 Å². The van der Waals surface area contributed by atoms with Crippen molar-refractivity contribution in [3.8, 4) is 22.6 Å². The number of aliphatic carboxylic acids is 2. The number of rotatable bonds is 6. The monoisotopic (exact) mass is 438 g/mol. The van der Waals surface area contributed by atoms with Gasteiger partial charge in [-0.3, -0.25) is 4.79 Å². The van der Waals surface area contributed by atoms with Gasteiger partial charge >= 0.3 is 11.9 Å². The fraction of sp³-hybridized carbons (Fsp3) is 0.120. The van der Waals surface area contributed by atoms with Crippen molar-refractivity contribution in [2.45, 2.75) is 12.8 Å². The maximum atomic E-state index is 14.0. The Kier molecular flexibility index (Phi) is 8.53. The summed E-state index contributed by atoms with van der Waals surface area (Å²) in [7, 11) is 1.43. The van der Waals surface area contributed by atoms with Crippen molar-refractivity contribution < 1.29 is 34.0 Å². The van der Waals surface area contributed by atoms with Crippen LogP contribution in [0.1, 0.15) is 24.0 Å². The van der Waals surface area contributed by atoms with Gasteiger partial charge in [-0.15, -0.1) is 0 Å². The van der Waals surface area contributed by atoms with E-state index in [4.69, 9.17) is 14.9 Å². The highest BCUT2D eigenvalue weighted by molar-refractivity contribution is 5.85. The Morgan fingerprint density at radius 2 is 1.69 bits per heavy atom. The molecule has 7 heteroatoms. The maximum absolute atomic E-state index is 14.0. The number of ether oxygens (including phenoxy) is 1. The molecule has 3 rings (SSSR count). The van der Waals surface area contributed by atoms with Crippen molar-refractivity contribution in [1.82, 2.24) is 0 Å². The Bertz CT molecular complexity index is 1110. The van der Waals surface area contributed by atoms with Crippen molar-refractivity contribution in [1.29, 1.82) is 0 Å². The van der Waals surface area contributed by atoms with Gasteiger partial charge in [-0.05, 0) is 47.9 Å². The topological polar surface area (TPSA) is 104 Å². The van der Waals surface area contributed by atoms with E-state index in [-0.39, 0.29) is 5.75 Å². The number of hydrogen-bond acceptors (Lipinski definition) is 4. The molecule has 0 radical (unpaired) electrons. The average Bonchev–Trinajstić information content (AvgIpc) is 2.78. The molecule has 6 nitrogen and oxygen atoms in total. The Morgan fingerprint density at radius 3 is 2.25 bits per heavy atom. The van der Waals surface area contributed by atoms with Gasteiger partial charge in [0.15, 0.2) is 11.5 Å². The first kappa shape index (κ1) is 24.1. The quantitative estimate of drug-likeness (QED) is 0.458. The minimum absolute atomic E-state index is 0.0278. The largest absolute Gasteiger partial charge is 0.504 e. The van der Waals surface area contributed by atoms with Crippen LogP contribution in [0.15, 0.2) is 72.8 Å². The van der Waals surface area contributed by atoms with E-state index in [0.717, 1.165) is 11.6 Å². The predicted molar refractivity (Wildman–Crippen MR) is 119 cm³/mol. The van der Waals surface area contributed by atoms with Gasteiger partial charge in [-0.2, -0.15) is 0 Å². The molecule has 0 aliphatic rings. The number of carboxylic acids is 2. The van der Waals surface area contributed by atoms with Crippen molar-refractivity contribution >= 4 is 18.0 Å². The zero-order valence-corrected chi connectivity index (χ0v) is 17.5. The van der Waals surface area contributed by atoms with Crippen LogP contribution >= 0.6 is 0 Å². The normalized spacial score (nSPS) is 11.3. The van der Waals surface area contributed by atoms with Crippen LogP contribution < -0.4 is 4.74 Å². The first-order valence-corrected chi connectivity index (χ1v) is 9.58. The highest BCUT2D eigenvalue weighted by atomic mass is 19.1. The SMILES string of the molecule is CC(C(=O)O)c1ccc(-c2ccccc2)c(F)c1.COc1cc(/C=C/C(=O)O)ccc1O. The van der Waals surface area contributed by atoms with Gasteiger partial charge in [0.05, 0.1) is 13.0 Å². The van der Waals surface area contributed by atoms with E-state index in [1.54, 1.807) is 31.2 Å². The number of phenols is 1. The van der Waals surface area contributed by atoms with Gasteiger partial charge in [0, 0.05) is 11.6 Å². The molecule has 0 spiro atoms. The zero-order chi connectivity index (χ0) is 23.7. The van der Waals surface area contributed by atoms with Gasteiger partial charge in [0.1, 0.15) is 5.82 Å². The van der Waals surface area contributed by atoms with Crippen LogP contribution in [-0.4, -0.2) is 34.4 Å². The second kappa shape index (κ2) is 11.3. The summed E-state index contributed by atoms with van der Waals surface area (Å²) in [5, 5.41) is 26.5. The van der Waals surface area contributed by atoms with Gasteiger partial charge in [0.25, 0.3) is 0 Å². The minimum Gasteiger partial charge on any atom is -0.504 e. The smallest absolute Gasteiger partial charge is 0.328 e. The number of carboxylic acid groups (broad SMARTS) is 2. The molecule has 0 aromatic heterocycles. The van der Waals surface area contributed by atoms with Gasteiger partial charge in [0.2, 0.25) is 0 Å². The summed E-state index contributed by atoms with van der Waals surface area (Å²) in [5.41, 5.74) is 2.39. The van der Waals surface area contributed by atoms with E-state index in [0.29, 0.717) is 22.4 Å². The molecule has 0 amide bonds. The lowest BCUT2D eigenvalue weighted by Gasteiger charge is -2.09. The summed E-state index contributed by atoms with van der Waals surface area (Å²) in [6.45, 7) is 1.54. The Morgan fingerprint density at radius 1 is 1.00 bits per heavy atom. The highest BCUT2D eigenvalue weighted by Crippen LogP contribution is 2.27. The summed E-state index contributed by atoms with van der Waals surface area (Å²) < 4.78 is 18.8. The number of carbonyl (C=O) groups is 2. The molecule has 0 saturated heterocycles. The third-order valence-electron chi connectivity index (χ3n) is 4.57. The molecule has 1 unspecified atom stereocenters.